The van der Waals surface area contributed by atoms with E-state index in [4.69, 9.17) is 0 Å². The predicted octanol–water partition coefficient (Wildman–Crippen LogP) is 1.37. The third kappa shape index (κ3) is 4.48. The Balaban J connectivity index is 2.34. The molecule has 2 rings (SSSR count). The van der Waals surface area contributed by atoms with Gasteiger partial charge in [0.1, 0.15) is 18.1 Å². The molecular formula is C20H32N4O4S. The van der Waals surface area contributed by atoms with Gasteiger partial charge in [-0.2, -0.15) is 9.98 Å². The number of piperidine rings is 1. The van der Waals surface area contributed by atoms with Crippen LogP contribution in [-0.4, -0.2) is 49.8 Å². The number of carbonyl (C=O) groups is 2. The third-order valence-electron chi connectivity index (χ3n) is 6.26. The molecular weight excluding hydrogens is 392 g/mol. The van der Waals surface area contributed by atoms with Crippen LogP contribution in [0.2, 0.25) is 0 Å². The van der Waals surface area contributed by atoms with Crippen LogP contribution in [0, 0.1) is 34.0 Å². The van der Waals surface area contributed by atoms with Crippen molar-refractivity contribution >= 4 is 21.8 Å². The van der Waals surface area contributed by atoms with Crippen molar-refractivity contribution in [2.24, 2.45) is 22.7 Å². The van der Waals surface area contributed by atoms with Crippen LogP contribution in [0.3, 0.4) is 0 Å². The van der Waals surface area contributed by atoms with E-state index in [1.165, 1.54) is 4.90 Å². The van der Waals surface area contributed by atoms with Crippen molar-refractivity contribution in [1.29, 1.82) is 5.26 Å². The number of likely N-dealkylation sites (tertiary alicyclic amines) is 1. The van der Waals surface area contributed by atoms with E-state index in [2.05, 4.69) is 30.5 Å². The lowest BCUT2D eigenvalue weighted by Crippen LogP contribution is -2.59. The Morgan fingerprint density at radius 2 is 1.97 bits per heavy atom. The maximum atomic E-state index is 13.4. The number of carbonyl (C=O) groups excluding carboxylic acids is 2. The van der Waals surface area contributed by atoms with Gasteiger partial charge in [0.15, 0.2) is 0 Å². The second-order valence-electron chi connectivity index (χ2n) is 9.62. The Labute approximate surface area is 173 Å². The summed E-state index contributed by atoms with van der Waals surface area (Å²) in [6, 6.07) is -0.342. The summed E-state index contributed by atoms with van der Waals surface area (Å²) >= 11 is 0. The monoisotopic (exact) mass is 424 g/mol. The van der Waals surface area contributed by atoms with Crippen molar-refractivity contribution < 1.29 is 18.0 Å². The lowest BCUT2D eigenvalue weighted by Gasteiger charge is -2.37. The fourth-order valence-corrected chi connectivity index (χ4v) is 5.15. The van der Waals surface area contributed by atoms with Gasteiger partial charge >= 0.3 is 0 Å². The Bertz CT molecular complexity index is 838. The number of nitriles is 1. The van der Waals surface area contributed by atoms with Gasteiger partial charge in [0, 0.05) is 12.0 Å². The normalized spacial score (nSPS) is 27.3. The largest absolute Gasteiger partial charge is 0.339 e. The van der Waals surface area contributed by atoms with E-state index in [9.17, 15) is 23.3 Å². The highest BCUT2D eigenvalue weighted by Crippen LogP contribution is 2.65. The van der Waals surface area contributed by atoms with Gasteiger partial charge in [0.2, 0.25) is 21.8 Å². The third-order valence-corrected chi connectivity index (χ3v) is 7.26. The van der Waals surface area contributed by atoms with Gasteiger partial charge in [-0.1, -0.05) is 48.1 Å². The van der Waals surface area contributed by atoms with Crippen molar-refractivity contribution in [2.75, 3.05) is 6.54 Å². The molecule has 1 aliphatic carbocycles. The summed E-state index contributed by atoms with van der Waals surface area (Å²) in [4.78, 5) is 27.9. The Morgan fingerprint density at radius 3 is 2.41 bits per heavy atom. The Morgan fingerprint density at radius 1 is 1.38 bits per heavy atom. The molecule has 162 valence electrons. The summed E-state index contributed by atoms with van der Waals surface area (Å²) in [6.07, 6.45) is 0.462. The van der Waals surface area contributed by atoms with Crippen molar-refractivity contribution in [2.45, 2.75) is 66.1 Å². The quantitative estimate of drug-likeness (QED) is 0.640. The fraction of sp³-hybridized carbons (Fsp3) is 0.750. The van der Waals surface area contributed by atoms with Crippen LogP contribution in [0.4, 0.5) is 0 Å². The average molecular weight is 425 g/mol. The van der Waals surface area contributed by atoms with Crippen LogP contribution in [0.5, 0.6) is 0 Å². The molecule has 5 atom stereocenters. The Hall–Kier alpha value is -1.92. The highest BCUT2D eigenvalue weighted by Gasteiger charge is 2.69. The number of rotatable bonds is 7. The zero-order valence-corrected chi connectivity index (χ0v) is 18.8. The first-order valence-electron chi connectivity index (χ1n) is 9.86. The molecule has 9 heteroatoms. The van der Waals surface area contributed by atoms with E-state index >= 15 is 0 Å². The van der Waals surface area contributed by atoms with Crippen LogP contribution >= 0.6 is 0 Å². The molecule has 2 amide bonds. The van der Waals surface area contributed by atoms with Crippen molar-refractivity contribution in [3.8, 4) is 6.07 Å². The topological polar surface area (TPSA) is 119 Å². The highest BCUT2D eigenvalue weighted by atomic mass is 32.2. The summed E-state index contributed by atoms with van der Waals surface area (Å²) < 4.78 is 26.6. The molecule has 0 spiro atoms. The molecule has 1 aliphatic heterocycles. The molecule has 1 saturated carbocycles. The first-order chi connectivity index (χ1) is 13.2. The maximum absolute atomic E-state index is 13.4. The molecule has 0 aromatic rings. The predicted molar refractivity (Wildman–Crippen MR) is 110 cm³/mol. The number of nitrogens with zero attached hydrogens (tertiary/aromatic N) is 2. The molecule has 29 heavy (non-hydrogen) atoms. The lowest BCUT2D eigenvalue weighted by molar-refractivity contribution is -0.143. The minimum atomic E-state index is -3.84. The van der Waals surface area contributed by atoms with E-state index in [0.717, 1.165) is 5.41 Å². The molecule has 0 radical (unpaired) electrons. The summed E-state index contributed by atoms with van der Waals surface area (Å²) in [6.45, 7) is 14.9. The van der Waals surface area contributed by atoms with Crippen LogP contribution in [-0.2, 0) is 19.6 Å². The zero-order chi connectivity index (χ0) is 22.4. The zero-order valence-electron chi connectivity index (χ0n) is 18.0. The lowest BCUT2D eigenvalue weighted by atomic mass is 9.86. The van der Waals surface area contributed by atoms with E-state index in [1.54, 1.807) is 27.7 Å². The first kappa shape index (κ1) is 23.4. The molecule has 8 nitrogen and oxygen atoms in total. The van der Waals surface area contributed by atoms with Gasteiger partial charge in [-0.05, 0) is 29.1 Å². The Kier molecular flexibility index (Phi) is 6.22. The van der Waals surface area contributed by atoms with E-state index < -0.39 is 39.5 Å². The summed E-state index contributed by atoms with van der Waals surface area (Å²) in [7, 11) is -3.84. The molecule has 0 unspecified atom stereocenters. The number of amides is 2. The van der Waals surface area contributed by atoms with Crippen molar-refractivity contribution in [3.05, 3.63) is 12.0 Å². The molecule has 1 heterocycles. The van der Waals surface area contributed by atoms with Gasteiger partial charge in [-0.3, -0.25) is 9.59 Å². The molecule has 2 fully saturated rings. The number of hydrogen-bond acceptors (Lipinski definition) is 5. The molecule has 2 N–H and O–H groups in total. The fourth-order valence-electron chi connectivity index (χ4n) is 4.27. The molecule has 0 bridgehead atoms. The smallest absolute Gasteiger partial charge is 0.244 e. The van der Waals surface area contributed by atoms with Gasteiger partial charge in [0.05, 0.1) is 6.07 Å². The van der Waals surface area contributed by atoms with Crippen LogP contribution in [0.15, 0.2) is 12.0 Å². The molecule has 0 aromatic carbocycles. The average Bonchev–Trinajstić information content (AvgIpc) is 2.97. The van der Waals surface area contributed by atoms with Gasteiger partial charge in [-0.15, -0.1) is 0 Å². The number of sulfonamides is 1. The van der Waals surface area contributed by atoms with E-state index in [1.807, 2.05) is 6.07 Å². The van der Waals surface area contributed by atoms with Crippen molar-refractivity contribution in [1.82, 2.24) is 14.9 Å². The summed E-state index contributed by atoms with van der Waals surface area (Å²) in [5.74, 6) is -0.639. The minimum Gasteiger partial charge on any atom is -0.339 e. The van der Waals surface area contributed by atoms with Crippen LogP contribution in [0.25, 0.3) is 0 Å². The highest BCUT2D eigenvalue weighted by molar-refractivity contribution is 7.92. The van der Waals surface area contributed by atoms with E-state index in [0.29, 0.717) is 13.0 Å². The van der Waals surface area contributed by atoms with Gasteiger partial charge < -0.3 is 10.2 Å². The minimum absolute atomic E-state index is 0.0146. The van der Waals surface area contributed by atoms with E-state index in [-0.39, 0.29) is 23.2 Å². The summed E-state index contributed by atoms with van der Waals surface area (Å²) in [5.41, 5.74) is -0.792. The van der Waals surface area contributed by atoms with Gasteiger partial charge in [0.25, 0.3) is 0 Å². The number of hydrogen-bond donors (Lipinski definition) is 2. The second kappa shape index (κ2) is 7.73. The summed E-state index contributed by atoms with van der Waals surface area (Å²) in [5, 5.41) is 12.7. The first-order valence-corrected chi connectivity index (χ1v) is 11.4. The molecule has 1 saturated heterocycles. The van der Waals surface area contributed by atoms with Crippen LogP contribution in [0.1, 0.15) is 48.0 Å². The standard InChI is InChI=1S/C20H32N4O4S/c1-8-12(10-21)22-17(25)15-14-13(20(14,6)7)11-24(15)18(26)16(19(3,4)5)23-29(27,28)9-2/h9,12-16,23H,2,8,11H2,1,3-7H3,(H,22,25)/t12-,13-,14-,15-,16+/m0/s1. The SMILES string of the molecule is C=CS(=O)(=O)N[C@H](C(=O)N1C[C@H]2[C@@H]([C@H]1C(=O)N[C@H](C#N)CC)C2(C)C)C(C)(C)C. The number of fused-ring (bicyclic) bond motifs is 1. The molecule has 2 aliphatic rings. The molecule has 0 aromatic heterocycles. The van der Waals surface area contributed by atoms with Gasteiger partial charge in [-0.25, -0.2) is 8.42 Å². The van der Waals surface area contributed by atoms with Crippen LogP contribution < -0.4 is 10.0 Å². The van der Waals surface area contributed by atoms with Crippen molar-refractivity contribution in [3.63, 3.8) is 0 Å². The number of nitrogens with one attached hydrogen (secondary N) is 2. The maximum Gasteiger partial charge on any atom is 0.244 e. The second-order valence-corrected chi connectivity index (χ2v) is 11.3.